The van der Waals surface area contributed by atoms with Crippen molar-refractivity contribution in [1.29, 1.82) is 0 Å². The monoisotopic (exact) mass is 892 g/mol. The van der Waals surface area contributed by atoms with Gasteiger partial charge in [0.05, 0.1) is 37.2 Å². The van der Waals surface area contributed by atoms with Gasteiger partial charge in [0.25, 0.3) is 11.9 Å². The van der Waals surface area contributed by atoms with Gasteiger partial charge in [-0.25, -0.2) is 10.4 Å². The van der Waals surface area contributed by atoms with Crippen LogP contribution < -0.4 is 16.1 Å². The molecule has 348 valence electrons. The Morgan fingerprint density at radius 2 is 1.97 bits per heavy atom. The fourth-order valence-electron chi connectivity index (χ4n) is 9.72. The molecule has 6 bridgehead atoms. The topological polar surface area (TPSA) is 184 Å². The van der Waals surface area contributed by atoms with E-state index in [1.165, 1.54) is 4.90 Å². The molecule has 6 heterocycles. The van der Waals surface area contributed by atoms with Crippen molar-refractivity contribution in [2.75, 3.05) is 47.0 Å². The third-order valence-electron chi connectivity index (χ3n) is 12.8. The number of aromatic nitrogens is 2. The number of nitrogens with one attached hydrogen (secondary N) is 3. The van der Waals surface area contributed by atoms with Crippen molar-refractivity contribution in [3.05, 3.63) is 71.5 Å². The number of pyridine rings is 1. The predicted molar refractivity (Wildman–Crippen MR) is 247 cm³/mol. The van der Waals surface area contributed by atoms with Crippen molar-refractivity contribution in [2.45, 2.75) is 110 Å². The number of benzene rings is 2. The fourth-order valence-corrected chi connectivity index (χ4v) is 9.72. The summed E-state index contributed by atoms with van der Waals surface area (Å²) in [5, 5.41) is 20.1. The van der Waals surface area contributed by atoms with Crippen molar-refractivity contribution in [3.63, 3.8) is 0 Å². The Morgan fingerprint density at radius 3 is 2.72 bits per heavy atom. The van der Waals surface area contributed by atoms with Crippen LogP contribution in [0.15, 0.2) is 59.7 Å². The summed E-state index contributed by atoms with van der Waals surface area (Å²) in [5.74, 6) is -1.25. The number of methoxy groups -OCH3 is 1. The van der Waals surface area contributed by atoms with Gasteiger partial charge in [-0.1, -0.05) is 39.8 Å². The average molecular weight is 893 g/mol. The van der Waals surface area contributed by atoms with E-state index < -0.39 is 24.3 Å². The number of aliphatic imine (C=N–C) groups is 1. The summed E-state index contributed by atoms with van der Waals surface area (Å²) < 4.78 is 26.1. The second-order valence-corrected chi connectivity index (χ2v) is 18.8. The number of ether oxygens (including phenoxy) is 4. The van der Waals surface area contributed by atoms with Gasteiger partial charge >= 0.3 is 0 Å². The highest BCUT2D eigenvalue weighted by Gasteiger charge is 2.49. The number of fused-ring (bicyclic) bond motifs is 8. The summed E-state index contributed by atoms with van der Waals surface area (Å²) in [4.78, 5) is 53.1. The quantitative estimate of drug-likeness (QED) is 0.150. The number of phenols is 1. The van der Waals surface area contributed by atoms with Crippen molar-refractivity contribution in [3.8, 4) is 28.1 Å². The minimum absolute atomic E-state index is 0.0342. The number of aryl methyl sites for hydroxylation is 1. The van der Waals surface area contributed by atoms with E-state index in [1.807, 2.05) is 26.0 Å². The van der Waals surface area contributed by atoms with E-state index in [9.17, 15) is 19.5 Å². The van der Waals surface area contributed by atoms with Crippen LogP contribution in [0.1, 0.15) is 70.7 Å². The number of aromatic hydroxyl groups is 1. The standard InChI is InChI=1S/C49H64N8O8/c1-8-56-40-14-13-31-25-35(40)36(43(56)34-11-9-16-50-39(34)27-62-7)26-49(4,5)28-64-47-44(65-47)37-12-10-19-57(54-37)46(61)38(23-30-21-32(31)24-33(58)22-30)53-45(60)42(29(2)3)55(6)41(59)15-17-51-48-52-18-20-63-48/h9,11,13-14,16,21-22,24-25,29,37-38,42,44,47,54,58H,8,10,12,15,17-20,23,26-28H2,1-7H3,(H,51,52)(H,53,60)/t37-,38-,42-,44+,47?/m0/s1. The Bertz CT molecular complexity index is 2430. The first-order chi connectivity index (χ1) is 31.2. The molecule has 8 rings (SSSR count). The van der Waals surface area contributed by atoms with E-state index in [2.05, 4.69) is 70.7 Å². The number of hydrogen-bond donors (Lipinski definition) is 4. The molecule has 4 aliphatic heterocycles. The summed E-state index contributed by atoms with van der Waals surface area (Å²) in [6.07, 6.45) is 3.47. The van der Waals surface area contributed by atoms with E-state index in [1.54, 1.807) is 37.5 Å². The number of hydrazine groups is 1. The molecule has 1 unspecified atom stereocenters. The van der Waals surface area contributed by atoms with Gasteiger partial charge in [-0.3, -0.25) is 24.4 Å². The van der Waals surface area contributed by atoms with Crippen LogP contribution in [-0.4, -0.2) is 126 Å². The molecular formula is C49H64N8O8. The molecule has 16 heteroatoms. The van der Waals surface area contributed by atoms with Crippen molar-refractivity contribution in [2.24, 2.45) is 16.3 Å². The molecule has 65 heavy (non-hydrogen) atoms. The molecule has 2 aromatic carbocycles. The van der Waals surface area contributed by atoms with Crippen LogP contribution in [0, 0.1) is 11.3 Å². The highest BCUT2D eigenvalue weighted by molar-refractivity contribution is 5.96. The second-order valence-electron chi connectivity index (χ2n) is 18.8. The molecule has 4 N–H and O–H groups in total. The SMILES string of the molecule is CCn1c(-c2cccnc2COC)c2c3cc(ccc31)-c1cc(O)cc(c1)C[C@H](NC(=O)[C@H](C(C)C)N(C)C(=O)CCNC1=NCCO1)C(=O)N1CCC[C@H](N1)[C@H]1OC1OCC(C)(C)C2. The van der Waals surface area contributed by atoms with Gasteiger partial charge in [0.2, 0.25) is 11.8 Å². The van der Waals surface area contributed by atoms with Gasteiger partial charge in [0.15, 0.2) is 6.29 Å². The summed E-state index contributed by atoms with van der Waals surface area (Å²) in [6, 6.07) is 14.1. The van der Waals surface area contributed by atoms with E-state index >= 15 is 0 Å². The molecule has 5 atom stereocenters. The Hall–Kier alpha value is -5.55. The maximum atomic E-state index is 14.8. The lowest BCUT2D eigenvalue weighted by Gasteiger charge is -2.37. The summed E-state index contributed by atoms with van der Waals surface area (Å²) in [7, 11) is 3.30. The van der Waals surface area contributed by atoms with Crippen molar-refractivity contribution >= 4 is 34.6 Å². The van der Waals surface area contributed by atoms with Gasteiger partial charge in [0.1, 0.15) is 30.5 Å². The summed E-state index contributed by atoms with van der Waals surface area (Å²) >= 11 is 0. The molecule has 2 fully saturated rings. The number of phenolic OH excluding ortho intramolecular Hbond substituents is 1. The fraction of sp³-hybridized carbons (Fsp3) is 0.531. The minimum atomic E-state index is -1.04. The maximum absolute atomic E-state index is 14.8. The highest BCUT2D eigenvalue weighted by Crippen LogP contribution is 2.42. The molecule has 0 saturated carbocycles. The van der Waals surface area contributed by atoms with Crippen LogP contribution in [0.3, 0.4) is 0 Å². The molecular weight excluding hydrogens is 829 g/mol. The van der Waals surface area contributed by atoms with Crippen LogP contribution in [0.4, 0.5) is 0 Å². The number of epoxide rings is 1. The Morgan fingerprint density at radius 1 is 1.14 bits per heavy atom. The number of amides is 3. The number of carbonyl (C=O) groups excluding carboxylic acids is 3. The molecule has 0 radical (unpaired) electrons. The van der Waals surface area contributed by atoms with Crippen LogP contribution in [-0.2, 0) is 59.3 Å². The normalized spacial score (nSPS) is 22.3. The summed E-state index contributed by atoms with van der Waals surface area (Å²) in [6.45, 7) is 13.6. The van der Waals surface area contributed by atoms with Crippen LogP contribution in [0.25, 0.3) is 33.3 Å². The highest BCUT2D eigenvalue weighted by atomic mass is 16.8. The Kier molecular flexibility index (Phi) is 13.8. The van der Waals surface area contributed by atoms with Crippen LogP contribution in [0.5, 0.6) is 5.75 Å². The molecule has 3 amide bonds. The van der Waals surface area contributed by atoms with Crippen molar-refractivity contribution < 1.29 is 38.4 Å². The van der Waals surface area contributed by atoms with Crippen LogP contribution in [0.2, 0.25) is 0 Å². The molecule has 4 aromatic rings. The smallest absolute Gasteiger partial charge is 0.284 e. The largest absolute Gasteiger partial charge is 0.508 e. The molecule has 0 aliphatic carbocycles. The Balaban J connectivity index is 1.17. The average Bonchev–Trinajstić information content (AvgIpc) is 3.76. The number of hydrogen-bond acceptors (Lipinski definition) is 12. The zero-order valence-corrected chi connectivity index (χ0v) is 38.7. The van der Waals surface area contributed by atoms with Crippen molar-refractivity contribution in [1.82, 2.24) is 35.5 Å². The Labute approximate surface area is 381 Å². The minimum Gasteiger partial charge on any atom is -0.508 e. The van der Waals surface area contributed by atoms with Gasteiger partial charge in [0, 0.05) is 69.3 Å². The first kappa shape index (κ1) is 46.0. The zero-order valence-electron chi connectivity index (χ0n) is 38.7. The second kappa shape index (κ2) is 19.5. The number of amidine groups is 1. The van der Waals surface area contributed by atoms with Gasteiger partial charge in [-0.15, -0.1) is 0 Å². The number of likely N-dealkylation sites (N-methyl/N-ethyl adjacent to an activating group) is 1. The predicted octanol–water partition coefficient (Wildman–Crippen LogP) is 4.94. The molecule has 2 aromatic heterocycles. The van der Waals surface area contributed by atoms with E-state index in [0.29, 0.717) is 64.0 Å². The van der Waals surface area contributed by atoms with E-state index in [4.69, 9.17) is 23.9 Å². The van der Waals surface area contributed by atoms with Crippen LogP contribution >= 0.6 is 0 Å². The molecule has 0 spiro atoms. The third-order valence-corrected chi connectivity index (χ3v) is 12.8. The van der Waals surface area contributed by atoms with Gasteiger partial charge in [-0.2, -0.15) is 0 Å². The zero-order chi connectivity index (χ0) is 46.0. The first-order valence-electron chi connectivity index (χ1n) is 23.0. The first-order valence-corrected chi connectivity index (χ1v) is 23.0. The van der Waals surface area contributed by atoms with E-state index in [-0.39, 0.29) is 53.9 Å². The lowest BCUT2D eigenvalue weighted by Crippen LogP contribution is -2.61. The lowest BCUT2D eigenvalue weighted by molar-refractivity contribution is -0.144. The molecule has 16 nitrogen and oxygen atoms in total. The molecule has 4 aliphatic rings. The maximum Gasteiger partial charge on any atom is 0.284 e. The third kappa shape index (κ3) is 10.2. The summed E-state index contributed by atoms with van der Waals surface area (Å²) in [5.41, 5.74) is 10.6. The van der Waals surface area contributed by atoms with E-state index in [0.717, 1.165) is 57.4 Å². The lowest BCUT2D eigenvalue weighted by atomic mass is 9.84. The van der Waals surface area contributed by atoms with Gasteiger partial charge in [-0.05, 0) is 96.2 Å². The molecule has 2 saturated heterocycles. The van der Waals surface area contributed by atoms with Gasteiger partial charge < -0.3 is 44.2 Å². The number of nitrogens with zero attached hydrogens (tertiary/aromatic N) is 5. The number of carbonyl (C=O) groups is 3. The number of rotatable bonds is 11.